The summed E-state index contributed by atoms with van der Waals surface area (Å²) in [6, 6.07) is 0. The number of carbonyl (C=O) groups excluding carboxylic acids is 1. The Hall–Kier alpha value is -1.17. The number of aromatic amines is 1. The number of anilines is 1. The van der Waals surface area contributed by atoms with Crippen LogP contribution in [0.2, 0.25) is 0 Å². The number of nitrogens with two attached hydrogens (primary N) is 1. The summed E-state index contributed by atoms with van der Waals surface area (Å²) in [4.78, 5) is 13.7. The molecule has 0 spiro atoms. The summed E-state index contributed by atoms with van der Waals surface area (Å²) in [5.41, 5.74) is 6.06. The number of nitrogens with one attached hydrogen (secondary N) is 1. The van der Waals surface area contributed by atoms with Gasteiger partial charge in [0.25, 0.3) is 5.91 Å². The average molecular weight is 212 g/mol. The van der Waals surface area contributed by atoms with Crippen LogP contribution in [0.3, 0.4) is 0 Å². The van der Waals surface area contributed by atoms with E-state index < -0.39 is 0 Å². The first-order valence-corrected chi connectivity index (χ1v) is 5.60. The van der Waals surface area contributed by atoms with Gasteiger partial charge in [0.2, 0.25) is 0 Å². The molecule has 0 unspecified atom stereocenters. The van der Waals surface area contributed by atoms with Crippen molar-refractivity contribution >= 4 is 23.5 Å². The number of hydrogen-bond donors (Lipinski definition) is 2. The third-order valence-corrected chi connectivity index (χ3v) is 3.14. The molecule has 1 aliphatic rings. The van der Waals surface area contributed by atoms with Crippen LogP contribution in [0.5, 0.6) is 0 Å². The number of carbonyl (C=O) groups is 1. The maximum Gasteiger partial charge on any atom is 0.259 e. The number of H-pyrrole nitrogens is 1. The van der Waals surface area contributed by atoms with E-state index in [0.717, 1.165) is 24.6 Å². The highest BCUT2D eigenvalue weighted by Gasteiger charge is 2.20. The van der Waals surface area contributed by atoms with Gasteiger partial charge in [0.15, 0.2) is 0 Å². The SMILES string of the molecule is Nc1[nH]ncc1C(=O)N1CCSCC1. The zero-order valence-corrected chi connectivity index (χ0v) is 8.51. The quantitative estimate of drug-likeness (QED) is 0.696. The van der Waals surface area contributed by atoms with Crippen LogP contribution in [-0.4, -0.2) is 45.6 Å². The molecule has 1 aromatic rings. The maximum atomic E-state index is 11.9. The van der Waals surface area contributed by atoms with E-state index in [9.17, 15) is 4.79 Å². The van der Waals surface area contributed by atoms with Gasteiger partial charge in [0.1, 0.15) is 11.4 Å². The van der Waals surface area contributed by atoms with Gasteiger partial charge in [0, 0.05) is 24.6 Å². The first-order valence-electron chi connectivity index (χ1n) is 4.45. The lowest BCUT2D eigenvalue weighted by molar-refractivity contribution is 0.0773. The van der Waals surface area contributed by atoms with E-state index in [4.69, 9.17) is 5.73 Å². The van der Waals surface area contributed by atoms with Gasteiger partial charge in [-0.2, -0.15) is 16.9 Å². The van der Waals surface area contributed by atoms with Gasteiger partial charge < -0.3 is 10.6 Å². The van der Waals surface area contributed by atoms with Crippen molar-refractivity contribution in [2.24, 2.45) is 0 Å². The molecule has 0 aromatic carbocycles. The number of nitrogens with zero attached hydrogens (tertiary/aromatic N) is 2. The summed E-state index contributed by atoms with van der Waals surface area (Å²) in [5, 5.41) is 6.30. The first-order chi connectivity index (χ1) is 6.79. The van der Waals surface area contributed by atoms with E-state index >= 15 is 0 Å². The summed E-state index contributed by atoms with van der Waals surface area (Å²) < 4.78 is 0. The number of aromatic nitrogens is 2. The second kappa shape index (κ2) is 3.91. The van der Waals surface area contributed by atoms with Crippen molar-refractivity contribution in [3.63, 3.8) is 0 Å². The van der Waals surface area contributed by atoms with Crippen LogP contribution in [0.25, 0.3) is 0 Å². The lowest BCUT2D eigenvalue weighted by atomic mass is 10.3. The van der Waals surface area contributed by atoms with Crippen molar-refractivity contribution in [1.29, 1.82) is 0 Å². The van der Waals surface area contributed by atoms with Crippen LogP contribution in [0.4, 0.5) is 5.82 Å². The lowest BCUT2D eigenvalue weighted by Crippen LogP contribution is -2.38. The van der Waals surface area contributed by atoms with Crippen LogP contribution in [0.15, 0.2) is 6.20 Å². The monoisotopic (exact) mass is 212 g/mol. The standard InChI is InChI=1S/C8H12N4OS/c9-7-6(5-10-11-7)8(13)12-1-3-14-4-2-12/h5H,1-4H2,(H3,9,10,11). The highest BCUT2D eigenvalue weighted by Crippen LogP contribution is 2.15. The highest BCUT2D eigenvalue weighted by atomic mass is 32.2. The molecule has 0 atom stereocenters. The molecule has 1 fully saturated rings. The highest BCUT2D eigenvalue weighted by molar-refractivity contribution is 7.99. The molecule has 1 saturated heterocycles. The first kappa shape index (κ1) is 9.39. The van der Waals surface area contributed by atoms with Crippen molar-refractivity contribution in [3.8, 4) is 0 Å². The van der Waals surface area contributed by atoms with Gasteiger partial charge in [0.05, 0.1) is 6.20 Å². The Kier molecular flexibility index (Phi) is 2.62. The molecule has 0 bridgehead atoms. The minimum atomic E-state index is -0.0171. The molecule has 5 nitrogen and oxygen atoms in total. The Morgan fingerprint density at radius 2 is 2.29 bits per heavy atom. The zero-order chi connectivity index (χ0) is 9.97. The topological polar surface area (TPSA) is 75.0 Å². The fourth-order valence-electron chi connectivity index (χ4n) is 1.40. The van der Waals surface area contributed by atoms with Crippen LogP contribution < -0.4 is 5.73 Å². The molecule has 2 heterocycles. The van der Waals surface area contributed by atoms with E-state index in [0.29, 0.717) is 11.4 Å². The fraction of sp³-hybridized carbons (Fsp3) is 0.500. The predicted molar refractivity (Wildman–Crippen MR) is 56.2 cm³/mol. The summed E-state index contributed by atoms with van der Waals surface area (Å²) in [6.45, 7) is 1.60. The van der Waals surface area contributed by atoms with Crippen LogP contribution in [-0.2, 0) is 0 Å². The van der Waals surface area contributed by atoms with Gasteiger partial charge in [-0.25, -0.2) is 0 Å². The summed E-state index contributed by atoms with van der Waals surface area (Å²) in [6.07, 6.45) is 1.49. The smallest absolute Gasteiger partial charge is 0.259 e. The molecular formula is C8H12N4OS. The average Bonchev–Trinajstić information content (AvgIpc) is 2.65. The summed E-state index contributed by atoms with van der Waals surface area (Å²) >= 11 is 1.87. The zero-order valence-electron chi connectivity index (χ0n) is 7.69. The van der Waals surface area contributed by atoms with E-state index in [1.165, 1.54) is 6.20 Å². The molecule has 14 heavy (non-hydrogen) atoms. The molecule has 76 valence electrons. The molecule has 6 heteroatoms. The Morgan fingerprint density at radius 3 is 2.86 bits per heavy atom. The normalized spacial score (nSPS) is 17.0. The minimum Gasteiger partial charge on any atom is -0.383 e. The van der Waals surface area contributed by atoms with Crippen molar-refractivity contribution < 1.29 is 4.79 Å². The molecule has 3 N–H and O–H groups in total. The van der Waals surface area contributed by atoms with Gasteiger partial charge in [-0.3, -0.25) is 9.89 Å². The largest absolute Gasteiger partial charge is 0.383 e. The maximum absolute atomic E-state index is 11.9. The number of amides is 1. The molecule has 2 rings (SSSR count). The molecule has 0 aliphatic carbocycles. The van der Waals surface area contributed by atoms with Gasteiger partial charge in [-0.05, 0) is 0 Å². The van der Waals surface area contributed by atoms with Gasteiger partial charge in [-0.15, -0.1) is 0 Å². The third-order valence-electron chi connectivity index (χ3n) is 2.20. The van der Waals surface area contributed by atoms with Crippen molar-refractivity contribution in [2.45, 2.75) is 0 Å². The van der Waals surface area contributed by atoms with Crippen molar-refractivity contribution in [3.05, 3.63) is 11.8 Å². The predicted octanol–water partition coefficient (Wildman–Crippen LogP) is 0.181. The Labute approximate surface area is 86.0 Å². The van der Waals surface area contributed by atoms with Crippen LogP contribution in [0, 0.1) is 0 Å². The van der Waals surface area contributed by atoms with Crippen molar-refractivity contribution in [1.82, 2.24) is 15.1 Å². The van der Waals surface area contributed by atoms with Crippen molar-refractivity contribution in [2.75, 3.05) is 30.3 Å². The third kappa shape index (κ3) is 1.70. The van der Waals surface area contributed by atoms with Gasteiger partial charge in [-0.1, -0.05) is 0 Å². The van der Waals surface area contributed by atoms with E-state index in [1.807, 2.05) is 16.7 Å². The number of hydrogen-bond acceptors (Lipinski definition) is 4. The minimum absolute atomic E-state index is 0.0171. The Morgan fingerprint density at radius 1 is 1.57 bits per heavy atom. The molecule has 1 aliphatic heterocycles. The molecule has 0 radical (unpaired) electrons. The molecule has 1 amide bonds. The van der Waals surface area contributed by atoms with E-state index in [2.05, 4.69) is 10.2 Å². The lowest BCUT2D eigenvalue weighted by Gasteiger charge is -2.25. The van der Waals surface area contributed by atoms with Crippen LogP contribution >= 0.6 is 11.8 Å². The van der Waals surface area contributed by atoms with E-state index in [1.54, 1.807) is 0 Å². The molecule has 1 aromatic heterocycles. The Balaban J connectivity index is 2.11. The molecular weight excluding hydrogens is 200 g/mol. The fourth-order valence-corrected chi connectivity index (χ4v) is 2.31. The number of rotatable bonds is 1. The number of nitrogen functional groups attached to an aromatic ring is 1. The van der Waals surface area contributed by atoms with E-state index in [-0.39, 0.29) is 5.91 Å². The summed E-state index contributed by atoms with van der Waals surface area (Å²) in [7, 11) is 0. The Bertz CT molecular complexity index is 332. The second-order valence-electron chi connectivity index (χ2n) is 3.10. The van der Waals surface area contributed by atoms with Gasteiger partial charge >= 0.3 is 0 Å². The second-order valence-corrected chi connectivity index (χ2v) is 4.33. The summed E-state index contributed by atoms with van der Waals surface area (Å²) in [5.74, 6) is 2.34. The number of thioether (sulfide) groups is 1. The molecule has 0 saturated carbocycles. The van der Waals surface area contributed by atoms with Crippen LogP contribution in [0.1, 0.15) is 10.4 Å².